The molecule has 1 N–H and O–H groups in total. The molecule has 3 rings (SSSR count). The molecule has 4 nitrogen and oxygen atoms in total. The largest absolute Gasteiger partial charge is 0.391 e. The van der Waals surface area contributed by atoms with Crippen LogP contribution >= 0.6 is 11.3 Å². The molecule has 1 heterocycles. The van der Waals surface area contributed by atoms with E-state index in [1.165, 1.54) is 5.56 Å². The quantitative estimate of drug-likeness (QED) is 0.849. The maximum Gasteiger partial charge on any atom is 0.228 e. The lowest BCUT2D eigenvalue weighted by Crippen LogP contribution is -2.36. The molecule has 0 bridgehead atoms. The highest BCUT2D eigenvalue weighted by molar-refractivity contribution is 7.09. The molecule has 1 saturated carbocycles. The third-order valence-electron chi connectivity index (χ3n) is 4.18. The number of nitrogens with zero attached hydrogens (tertiary/aromatic N) is 2. The lowest BCUT2D eigenvalue weighted by Gasteiger charge is -2.20. The fraction of sp³-hybridized carbons (Fsp3) is 0.444. The second-order valence-corrected chi connectivity index (χ2v) is 7.19. The first kappa shape index (κ1) is 16.1. The van der Waals surface area contributed by atoms with Crippen molar-refractivity contribution < 1.29 is 9.90 Å². The number of likely N-dealkylation sites (N-methyl/N-ethyl adjacent to an activating group) is 1. The van der Waals surface area contributed by atoms with Crippen molar-refractivity contribution in [3.8, 4) is 0 Å². The van der Waals surface area contributed by atoms with Crippen LogP contribution < -0.4 is 0 Å². The predicted molar refractivity (Wildman–Crippen MR) is 91.4 cm³/mol. The van der Waals surface area contributed by atoms with Crippen LogP contribution in [0.5, 0.6) is 0 Å². The molecule has 0 radical (unpaired) electrons. The summed E-state index contributed by atoms with van der Waals surface area (Å²) >= 11 is 1.60. The molecule has 1 aliphatic rings. The molecule has 2 aromatic rings. The molecule has 0 saturated heterocycles. The Kier molecular flexibility index (Phi) is 5.08. The van der Waals surface area contributed by atoms with Crippen LogP contribution in [0, 0.1) is 5.92 Å². The highest BCUT2D eigenvalue weighted by atomic mass is 32.1. The summed E-state index contributed by atoms with van der Waals surface area (Å²) in [6.07, 6.45) is 2.89. The van der Waals surface area contributed by atoms with Gasteiger partial charge in [-0.15, -0.1) is 11.3 Å². The van der Waals surface area contributed by atoms with Gasteiger partial charge in [0.05, 0.1) is 23.2 Å². The zero-order valence-corrected chi connectivity index (χ0v) is 14.1. The zero-order valence-electron chi connectivity index (χ0n) is 13.3. The van der Waals surface area contributed by atoms with Gasteiger partial charge in [-0.1, -0.05) is 30.3 Å². The van der Waals surface area contributed by atoms with Gasteiger partial charge in [-0.25, -0.2) is 4.98 Å². The van der Waals surface area contributed by atoms with E-state index in [1.807, 2.05) is 23.6 Å². The van der Waals surface area contributed by atoms with Crippen LogP contribution in [0.2, 0.25) is 0 Å². The van der Waals surface area contributed by atoms with Gasteiger partial charge < -0.3 is 10.0 Å². The van der Waals surface area contributed by atoms with Crippen LogP contribution in [-0.2, 0) is 17.6 Å². The topological polar surface area (TPSA) is 53.4 Å². The summed E-state index contributed by atoms with van der Waals surface area (Å²) in [6, 6.07) is 10.2. The summed E-state index contributed by atoms with van der Waals surface area (Å²) < 4.78 is 0. The van der Waals surface area contributed by atoms with Gasteiger partial charge in [-0.3, -0.25) is 4.79 Å². The number of carbonyl (C=O) groups is 1. The molecule has 1 unspecified atom stereocenters. The number of hydrogen-bond donors (Lipinski definition) is 1. The molecule has 1 amide bonds. The van der Waals surface area contributed by atoms with Crippen LogP contribution in [0.25, 0.3) is 0 Å². The van der Waals surface area contributed by atoms with E-state index in [0.29, 0.717) is 18.9 Å². The Morgan fingerprint density at radius 2 is 2.13 bits per heavy atom. The molecule has 1 aromatic carbocycles. The van der Waals surface area contributed by atoms with Crippen LogP contribution in [0.15, 0.2) is 35.7 Å². The standard InChI is InChI=1S/C18H22N2O2S/c1-20(11-16(21)14-7-8-14)18(22)10-15-12-23-17(19-15)9-13-5-3-2-4-6-13/h2-6,12,14,16,21H,7-11H2,1H3. The van der Waals surface area contributed by atoms with Crippen molar-refractivity contribution in [2.24, 2.45) is 5.92 Å². The van der Waals surface area contributed by atoms with Crippen molar-refractivity contribution in [1.29, 1.82) is 0 Å². The van der Waals surface area contributed by atoms with Gasteiger partial charge >= 0.3 is 0 Å². The summed E-state index contributed by atoms with van der Waals surface area (Å²) in [4.78, 5) is 18.4. The molecular weight excluding hydrogens is 308 g/mol. The summed E-state index contributed by atoms with van der Waals surface area (Å²) in [5, 5.41) is 12.9. The van der Waals surface area contributed by atoms with Crippen LogP contribution in [0.1, 0.15) is 29.1 Å². The SMILES string of the molecule is CN(CC(O)C1CC1)C(=O)Cc1csc(Cc2ccccc2)n1. The molecule has 5 heteroatoms. The highest BCUT2D eigenvalue weighted by Gasteiger charge is 2.31. The van der Waals surface area contributed by atoms with Gasteiger partial charge in [0.2, 0.25) is 5.91 Å². The molecule has 1 atom stereocenters. The number of aliphatic hydroxyl groups excluding tert-OH is 1. The zero-order chi connectivity index (χ0) is 16.2. The van der Waals surface area contributed by atoms with E-state index in [1.54, 1.807) is 23.3 Å². The summed E-state index contributed by atoms with van der Waals surface area (Å²) in [5.74, 6) is 0.406. The van der Waals surface area contributed by atoms with Gasteiger partial charge in [0.1, 0.15) is 0 Å². The lowest BCUT2D eigenvalue weighted by molar-refractivity contribution is -0.130. The monoisotopic (exact) mass is 330 g/mol. The van der Waals surface area contributed by atoms with Gasteiger partial charge in [-0.05, 0) is 24.3 Å². The molecule has 1 aliphatic carbocycles. The molecule has 0 aliphatic heterocycles. The minimum atomic E-state index is -0.381. The number of aliphatic hydroxyl groups is 1. The van der Waals surface area contributed by atoms with E-state index in [2.05, 4.69) is 17.1 Å². The van der Waals surface area contributed by atoms with Crippen molar-refractivity contribution in [2.75, 3.05) is 13.6 Å². The van der Waals surface area contributed by atoms with Crippen molar-refractivity contribution in [2.45, 2.75) is 31.8 Å². The predicted octanol–water partition coefficient (Wildman–Crippen LogP) is 2.51. The molecule has 1 fully saturated rings. The van der Waals surface area contributed by atoms with E-state index < -0.39 is 0 Å². The molecular formula is C18H22N2O2S. The van der Waals surface area contributed by atoms with Gasteiger partial charge in [0.25, 0.3) is 0 Å². The smallest absolute Gasteiger partial charge is 0.228 e. The number of amides is 1. The molecule has 1 aromatic heterocycles. The van der Waals surface area contributed by atoms with Crippen molar-refractivity contribution in [1.82, 2.24) is 9.88 Å². The molecule has 122 valence electrons. The minimum absolute atomic E-state index is 0.0151. The van der Waals surface area contributed by atoms with E-state index in [9.17, 15) is 9.90 Å². The Morgan fingerprint density at radius 1 is 1.39 bits per heavy atom. The third kappa shape index (κ3) is 4.62. The van der Waals surface area contributed by atoms with Crippen molar-refractivity contribution in [3.63, 3.8) is 0 Å². The second kappa shape index (κ2) is 7.23. The first-order valence-electron chi connectivity index (χ1n) is 8.01. The Balaban J connectivity index is 1.52. The van der Waals surface area contributed by atoms with Crippen molar-refractivity contribution in [3.05, 3.63) is 52.0 Å². The Bertz CT molecular complexity index is 652. The number of benzene rings is 1. The average Bonchev–Trinajstić information content (AvgIpc) is 3.31. The number of hydrogen-bond acceptors (Lipinski definition) is 4. The van der Waals surface area contributed by atoms with E-state index in [0.717, 1.165) is 30.0 Å². The average molecular weight is 330 g/mol. The van der Waals surface area contributed by atoms with Crippen LogP contribution in [0.4, 0.5) is 0 Å². The fourth-order valence-corrected chi connectivity index (χ4v) is 3.41. The Morgan fingerprint density at radius 3 is 2.83 bits per heavy atom. The first-order valence-corrected chi connectivity index (χ1v) is 8.89. The maximum absolute atomic E-state index is 12.2. The third-order valence-corrected chi connectivity index (χ3v) is 5.08. The maximum atomic E-state index is 12.2. The Labute approximate surface area is 140 Å². The number of thiazole rings is 1. The van der Waals surface area contributed by atoms with E-state index in [4.69, 9.17) is 0 Å². The number of aromatic nitrogens is 1. The lowest BCUT2D eigenvalue weighted by atomic mass is 10.2. The summed E-state index contributed by atoms with van der Waals surface area (Å²) in [5.41, 5.74) is 2.04. The molecule has 23 heavy (non-hydrogen) atoms. The first-order chi connectivity index (χ1) is 11.1. The van der Waals surface area contributed by atoms with Crippen molar-refractivity contribution >= 4 is 17.2 Å². The van der Waals surface area contributed by atoms with E-state index in [-0.39, 0.29) is 12.0 Å². The van der Waals surface area contributed by atoms with Gasteiger partial charge in [0, 0.05) is 25.4 Å². The highest BCUT2D eigenvalue weighted by Crippen LogP contribution is 2.32. The van der Waals surface area contributed by atoms with E-state index >= 15 is 0 Å². The van der Waals surface area contributed by atoms with Crippen LogP contribution in [0.3, 0.4) is 0 Å². The Hall–Kier alpha value is -1.72. The summed E-state index contributed by atoms with van der Waals surface area (Å²) in [6.45, 7) is 0.421. The van der Waals surface area contributed by atoms with Gasteiger partial charge in [-0.2, -0.15) is 0 Å². The minimum Gasteiger partial charge on any atom is -0.391 e. The van der Waals surface area contributed by atoms with Gasteiger partial charge in [0.15, 0.2) is 0 Å². The normalized spacial score (nSPS) is 15.4. The fourth-order valence-electron chi connectivity index (χ4n) is 2.58. The number of rotatable bonds is 7. The number of carbonyl (C=O) groups excluding carboxylic acids is 1. The van der Waals surface area contributed by atoms with Crippen LogP contribution in [-0.4, -0.2) is 40.6 Å². The molecule has 0 spiro atoms. The summed E-state index contributed by atoms with van der Waals surface area (Å²) in [7, 11) is 1.76. The second-order valence-electron chi connectivity index (χ2n) is 6.25.